The molecule has 3 rings (SSSR count). The summed E-state index contributed by atoms with van der Waals surface area (Å²) in [7, 11) is 1.28. The molecular formula is C21H24FN5O4. The van der Waals surface area contributed by atoms with Crippen molar-refractivity contribution in [3.8, 4) is 0 Å². The molecular weight excluding hydrogens is 405 g/mol. The molecule has 1 atom stereocenters. The number of methoxy groups -OCH3 is 1. The number of nitrogens with two attached hydrogens (primary N) is 1. The summed E-state index contributed by atoms with van der Waals surface area (Å²) < 4.78 is 24.2. The first-order valence-electron chi connectivity index (χ1n) is 9.82. The number of benzene rings is 1. The second-order valence-electron chi connectivity index (χ2n) is 7.13. The van der Waals surface area contributed by atoms with E-state index >= 15 is 0 Å². The van der Waals surface area contributed by atoms with E-state index in [1.807, 2.05) is 6.92 Å². The fourth-order valence-corrected chi connectivity index (χ4v) is 3.04. The number of amides is 1. The number of primary amides is 1. The van der Waals surface area contributed by atoms with Gasteiger partial charge in [0.25, 0.3) is 0 Å². The molecule has 2 aromatic heterocycles. The van der Waals surface area contributed by atoms with E-state index in [0.29, 0.717) is 29.5 Å². The second-order valence-corrected chi connectivity index (χ2v) is 7.13. The predicted molar refractivity (Wildman–Crippen MR) is 114 cm³/mol. The number of nitrogens with zero attached hydrogens (tertiary/aromatic N) is 2. The van der Waals surface area contributed by atoms with Crippen LogP contribution in [0.1, 0.15) is 43.2 Å². The highest BCUT2D eigenvalue weighted by molar-refractivity contribution is 5.93. The lowest BCUT2D eigenvalue weighted by molar-refractivity contribution is -0.118. The highest BCUT2D eigenvalue weighted by Crippen LogP contribution is 2.25. The standard InChI is InChI=1S/C21H24FN5O4/c1-12(5-3-4-6-18(23)28)25-19-15(22)11-24-21(27-19)26-14-7-8-16-13(9-14)10-17(31-16)20(29)30-2/h7-12H,3-6H2,1-2H3,(H2,23,28)(H2,24,25,26,27). The van der Waals surface area contributed by atoms with Gasteiger partial charge in [-0.25, -0.2) is 14.2 Å². The van der Waals surface area contributed by atoms with Gasteiger partial charge in [0, 0.05) is 23.5 Å². The third-order valence-corrected chi connectivity index (χ3v) is 4.60. The van der Waals surface area contributed by atoms with Gasteiger partial charge in [0.05, 0.1) is 13.3 Å². The molecule has 1 amide bonds. The quantitative estimate of drug-likeness (QED) is 0.328. The first kappa shape index (κ1) is 22.0. The van der Waals surface area contributed by atoms with Crippen LogP contribution in [0.2, 0.25) is 0 Å². The van der Waals surface area contributed by atoms with Crippen LogP contribution in [0.4, 0.5) is 21.8 Å². The highest BCUT2D eigenvalue weighted by atomic mass is 19.1. The van der Waals surface area contributed by atoms with Gasteiger partial charge in [0.2, 0.25) is 17.6 Å². The van der Waals surface area contributed by atoms with Gasteiger partial charge in [-0.2, -0.15) is 4.98 Å². The molecule has 0 spiro atoms. The van der Waals surface area contributed by atoms with E-state index in [-0.39, 0.29) is 29.5 Å². The minimum atomic E-state index is -0.567. The van der Waals surface area contributed by atoms with Crippen LogP contribution in [0.15, 0.2) is 34.9 Å². The van der Waals surface area contributed by atoms with E-state index in [1.54, 1.807) is 24.3 Å². The van der Waals surface area contributed by atoms with Crippen LogP contribution in [0.5, 0.6) is 0 Å². The molecule has 1 unspecified atom stereocenters. The van der Waals surface area contributed by atoms with Gasteiger partial charge in [-0.3, -0.25) is 4.79 Å². The molecule has 164 valence electrons. The Hall–Kier alpha value is -3.69. The van der Waals surface area contributed by atoms with Gasteiger partial charge < -0.3 is 25.5 Å². The van der Waals surface area contributed by atoms with E-state index in [2.05, 4.69) is 25.3 Å². The molecule has 9 nitrogen and oxygen atoms in total. The largest absolute Gasteiger partial charge is 0.463 e. The first-order chi connectivity index (χ1) is 14.9. The maximum Gasteiger partial charge on any atom is 0.373 e. The number of hydrogen-bond donors (Lipinski definition) is 3. The molecule has 10 heteroatoms. The normalized spacial score (nSPS) is 11.8. The summed E-state index contributed by atoms with van der Waals surface area (Å²) in [4.78, 5) is 30.6. The summed E-state index contributed by atoms with van der Waals surface area (Å²) in [6.07, 6.45) is 3.63. The van der Waals surface area contributed by atoms with Crippen molar-refractivity contribution in [1.29, 1.82) is 0 Å². The number of rotatable bonds is 10. The van der Waals surface area contributed by atoms with Gasteiger partial charge in [-0.1, -0.05) is 6.42 Å². The number of carbonyl (C=O) groups is 2. The number of unbranched alkanes of at least 4 members (excludes halogenated alkanes) is 1. The Bertz CT molecular complexity index is 1080. The van der Waals surface area contributed by atoms with Crippen molar-refractivity contribution in [3.63, 3.8) is 0 Å². The van der Waals surface area contributed by atoms with Crippen LogP contribution in [0.3, 0.4) is 0 Å². The Kier molecular flexibility index (Phi) is 7.01. The Morgan fingerprint density at radius 1 is 1.29 bits per heavy atom. The topological polar surface area (TPSA) is 132 Å². The maximum absolute atomic E-state index is 14.2. The lowest BCUT2D eigenvalue weighted by Crippen LogP contribution is -2.18. The molecule has 0 aliphatic heterocycles. The van der Waals surface area contributed by atoms with Crippen LogP contribution in [0.25, 0.3) is 11.0 Å². The fraction of sp³-hybridized carbons (Fsp3) is 0.333. The van der Waals surface area contributed by atoms with Gasteiger partial charge in [0.1, 0.15) is 5.58 Å². The van der Waals surface area contributed by atoms with Crippen LogP contribution < -0.4 is 16.4 Å². The van der Waals surface area contributed by atoms with E-state index in [4.69, 9.17) is 10.2 Å². The van der Waals surface area contributed by atoms with Crippen LogP contribution in [0, 0.1) is 5.82 Å². The third kappa shape index (κ3) is 5.91. The second kappa shape index (κ2) is 9.88. The highest BCUT2D eigenvalue weighted by Gasteiger charge is 2.14. The molecule has 0 aliphatic rings. The lowest BCUT2D eigenvalue weighted by Gasteiger charge is -2.15. The van der Waals surface area contributed by atoms with Gasteiger partial charge in [0.15, 0.2) is 11.6 Å². The smallest absolute Gasteiger partial charge is 0.373 e. The van der Waals surface area contributed by atoms with E-state index in [0.717, 1.165) is 19.0 Å². The van der Waals surface area contributed by atoms with Crippen molar-refractivity contribution in [2.24, 2.45) is 5.73 Å². The molecule has 0 bridgehead atoms. The summed E-state index contributed by atoms with van der Waals surface area (Å²) in [6.45, 7) is 1.91. The zero-order chi connectivity index (χ0) is 22.4. The SMILES string of the molecule is COC(=O)c1cc2cc(Nc3ncc(F)c(NC(C)CCCCC(N)=O)n3)ccc2o1. The Morgan fingerprint density at radius 2 is 2.10 bits per heavy atom. The monoisotopic (exact) mass is 429 g/mol. The molecule has 0 aliphatic carbocycles. The minimum Gasteiger partial charge on any atom is -0.463 e. The summed E-state index contributed by atoms with van der Waals surface area (Å²) in [6, 6.07) is 6.70. The lowest BCUT2D eigenvalue weighted by atomic mass is 10.1. The van der Waals surface area contributed by atoms with E-state index in [9.17, 15) is 14.0 Å². The minimum absolute atomic E-state index is 0.0517. The Morgan fingerprint density at radius 3 is 2.84 bits per heavy atom. The number of fused-ring (bicyclic) bond motifs is 1. The maximum atomic E-state index is 14.2. The average molecular weight is 429 g/mol. The van der Waals surface area contributed by atoms with Crippen LogP contribution in [-0.4, -0.2) is 35.0 Å². The third-order valence-electron chi connectivity index (χ3n) is 4.60. The molecule has 0 fully saturated rings. The molecule has 3 aromatic rings. The van der Waals surface area contributed by atoms with Gasteiger partial charge in [-0.15, -0.1) is 0 Å². The first-order valence-corrected chi connectivity index (χ1v) is 9.82. The molecule has 31 heavy (non-hydrogen) atoms. The summed E-state index contributed by atoms with van der Waals surface area (Å²) in [5.74, 6) is -1.06. The number of nitrogens with one attached hydrogen (secondary N) is 2. The molecule has 2 heterocycles. The van der Waals surface area contributed by atoms with Crippen molar-refractivity contribution in [3.05, 3.63) is 42.0 Å². The van der Waals surface area contributed by atoms with Crippen molar-refractivity contribution in [2.75, 3.05) is 17.7 Å². The van der Waals surface area contributed by atoms with Gasteiger partial charge >= 0.3 is 5.97 Å². The Balaban J connectivity index is 1.67. The molecule has 0 saturated carbocycles. The average Bonchev–Trinajstić information content (AvgIpc) is 3.16. The number of anilines is 3. The van der Waals surface area contributed by atoms with Crippen molar-refractivity contribution >= 4 is 40.3 Å². The Labute approximate surface area is 178 Å². The number of furan rings is 1. The summed E-state index contributed by atoms with van der Waals surface area (Å²) >= 11 is 0. The summed E-state index contributed by atoms with van der Waals surface area (Å²) in [5, 5.41) is 6.73. The van der Waals surface area contributed by atoms with E-state index < -0.39 is 11.8 Å². The van der Waals surface area contributed by atoms with Crippen molar-refractivity contribution in [2.45, 2.75) is 38.6 Å². The number of ether oxygens (including phenoxy) is 1. The molecule has 0 saturated heterocycles. The molecule has 1 aromatic carbocycles. The van der Waals surface area contributed by atoms with Gasteiger partial charge in [-0.05, 0) is 44.0 Å². The zero-order valence-corrected chi connectivity index (χ0v) is 17.3. The number of aromatic nitrogens is 2. The number of carbonyl (C=O) groups excluding carboxylic acids is 2. The molecule has 0 radical (unpaired) electrons. The van der Waals surface area contributed by atoms with Crippen molar-refractivity contribution in [1.82, 2.24) is 9.97 Å². The fourth-order valence-electron chi connectivity index (χ4n) is 3.04. The predicted octanol–water partition coefficient (Wildman–Crippen LogP) is 3.74. The number of hydrogen-bond acceptors (Lipinski definition) is 8. The number of halogens is 1. The molecule has 4 N–H and O–H groups in total. The van der Waals surface area contributed by atoms with Crippen molar-refractivity contribution < 1.29 is 23.1 Å². The van der Waals surface area contributed by atoms with Crippen LogP contribution in [-0.2, 0) is 9.53 Å². The summed E-state index contributed by atoms with van der Waals surface area (Å²) in [5.41, 5.74) is 6.30. The van der Waals surface area contributed by atoms with Crippen LogP contribution >= 0.6 is 0 Å². The van der Waals surface area contributed by atoms with E-state index in [1.165, 1.54) is 7.11 Å². The zero-order valence-electron chi connectivity index (χ0n) is 17.3. The number of esters is 1.